The van der Waals surface area contributed by atoms with Crippen LogP contribution in [0, 0.1) is 18.8 Å². The van der Waals surface area contributed by atoms with Gasteiger partial charge in [-0.15, -0.1) is 6.58 Å². The van der Waals surface area contributed by atoms with Gasteiger partial charge in [-0.25, -0.2) is 4.98 Å². The van der Waals surface area contributed by atoms with Crippen LogP contribution in [0.25, 0.3) is 11.7 Å². The second kappa shape index (κ2) is 8.59. The predicted molar refractivity (Wildman–Crippen MR) is 131 cm³/mol. The van der Waals surface area contributed by atoms with Crippen LogP contribution in [0.2, 0.25) is 0 Å². The normalized spacial score (nSPS) is 23.3. The topological polar surface area (TPSA) is 57.9 Å². The van der Waals surface area contributed by atoms with Gasteiger partial charge in [0, 0.05) is 25.8 Å². The molecule has 0 unspecified atom stereocenters. The minimum Gasteiger partial charge on any atom is -0.355 e. The van der Waals surface area contributed by atoms with Crippen LogP contribution in [0.1, 0.15) is 31.4 Å². The van der Waals surface area contributed by atoms with Crippen molar-refractivity contribution in [3.8, 4) is 0 Å². The lowest BCUT2D eigenvalue weighted by molar-refractivity contribution is -0.121. The van der Waals surface area contributed by atoms with Gasteiger partial charge >= 0.3 is 0 Å². The molecule has 8 heteroatoms. The molecule has 4 heterocycles. The molecular formula is C23H26N4O2S2. The number of hydrogen-bond donors (Lipinski definition) is 0. The molecule has 0 radical (unpaired) electrons. The van der Waals surface area contributed by atoms with E-state index in [0.717, 1.165) is 25.1 Å². The maximum atomic E-state index is 13.6. The SMILES string of the molecule is C=CCN1C(=O)/C(=C\c2c(N3C[C@@H](C)C[C@H](C)C3)nc3c(C)cccn3c2=O)SC1=S. The molecule has 0 saturated carbocycles. The van der Waals surface area contributed by atoms with Crippen molar-refractivity contribution in [3.05, 3.63) is 57.4 Å². The van der Waals surface area contributed by atoms with Crippen LogP contribution >= 0.6 is 24.0 Å². The molecule has 0 N–H and O–H groups in total. The summed E-state index contributed by atoms with van der Waals surface area (Å²) in [5.41, 5.74) is 1.83. The number of aromatic nitrogens is 2. The Morgan fingerprint density at radius 1 is 1.29 bits per heavy atom. The summed E-state index contributed by atoms with van der Waals surface area (Å²) in [4.78, 5) is 35.5. The van der Waals surface area contributed by atoms with E-state index in [1.807, 2.05) is 19.1 Å². The Bertz CT molecular complexity index is 1160. The standard InChI is InChI=1S/C23H26N4O2S2/c1-5-8-27-22(29)18(31-23(27)30)11-17-20(25-12-14(2)10-15(3)13-25)24-19-16(4)7-6-9-26(19)21(17)28/h5-7,9,11,14-15H,1,8,10,12-13H2,2-4H3/b18-11+/t14-,15-/m0/s1. The van der Waals surface area contributed by atoms with Crippen LogP contribution in [-0.2, 0) is 4.79 Å². The molecule has 2 saturated heterocycles. The third-order valence-electron chi connectivity index (χ3n) is 5.69. The van der Waals surface area contributed by atoms with E-state index < -0.39 is 0 Å². The zero-order chi connectivity index (χ0) is 22.3. The highest BCUT2D eigenvalue weighted by atomic mass is 32.2. The highest BCUT2D eigenvalue weighted by Crippen LogP contribution is 2.34. The first-order valence-corrected chi connectivity index (χ1v) is 11.7. The largest absolute Gasteiger partial charge is 0.355 e. The van der Waals surface area contributed by atoms with Crippen molar-refractivity contribution >= 4 is 51.7 Å². The highest BCUT2D eigenvalue weighted by molar-refractivity contribution is 8.26. The van der Waals surface area contributed by atoms with Crippen LogP contribution in [0.5, 0.6) is 0 Å². The van der Waals surface area contributed by atoms with Crippen molar-refractivity contribution in [1.82, 2.24) is 14.3 Å². The summed E-state index contributed by atoms with van der Waals surface area (Å²) in [6, 6.07) is 3.79. The van der Waals surface area contributed by atoms with Crippen LogP contribution in [0.3, 0.4) is 0 Å². The first-order chi connectivity index (χ1) is 14.8. The van der Waals surface area contributed by atoms with E-state index >= 15 is 0 Å². The van der Waals surface area contributed by atoms with E-state index in [1.54, 1.807) is 22.7 Å². The van der Waals surface area contributed by atoms with Crippen LogP contribution in [0.15, 0.2) is 40.7 Å². The number of carbonyl (C=O) groups is 1. The zero-order valence-corrected chi connectivity index (χ0v) is 19.6. The first kappa shape index (κ1) is 21.8. The number of nitrogens with zero attached hydrogens (tertiary/aromatic N) is 4. The molecular weight excluding hydrogens is 428 g/mol. The maximum absolute atomic E-state index is 13.6. The summed E-state index contributed by atoms with van der Waals surface area (Å²) in [7, 11) is 0. The molecule has 162 valence electrons. The molecule has 2 fully saturated rings. The minimum atomic E-state index is -0.199. The predicted octanol–water partition coefficient (Wildman–Crippen LogP) is 3.87. The molecule has 0 aliphatic carbocycles. The van der Waals surface area contributed by atoms with E-state index in [0.29, 0.717) is 44.6 Å². The fraction of sp³-hybridized carbons (Fsp3) is 0.391. The van der Waals surface area contributed by atoms with Crippen LogP contribution < -0.4 is 10.5 Å². The maximum Gasteiger partial charge on any atom is 0.267 e. The van der Waals surface area contributed by atoms with Gasteiger partial charge in [0.1, 0.15) is 15.8 Å². The number of pyridine rings is 1. The fourth-order valence-electron chi connectivity index (χ4n) is 4.42. The van der Waals surface area contributed by atoms with E-state index in [1.165, 1.54) is 16.7 Å². The molecule has 2 atom stereocenters. The number of aryl methyl sites for hydroxylation is 1. The van der Waals surface area contributed by atoms with Gasteiger partial charge in [0.25, 0.3) is 11.5 Å². The van der Waals surface area contributed by atoms with Gasteiger partial charge in [-0.05, 0) is 42.9 Å². The van der Waals surface area contributed by atoms with E-state index in [2.05, 4.69) is 25.3 Å². The van der Waals surface area contributed by atoms with Gasteiger partial charge in [0.2, 0.25) is 0 Å². The van der Waals surface area contributed by atoms with Crippen LogP contribution in [0.4, 0.5) is 5.82 Å². The average Bonchev–Trinajstić information content (AvgIpc) is 2.97. The lowest BCUT2D eigenvalue weighted by atomic mass is 9.91. The number of piperidine rings is 1. The second-order valence-corrected chi connectivity index (χ2v) is 10.1. The molecule has 6 nitrogen and oxygen atoms in total. The van der Waals surface area contributed by atoms with Gasteiger partial charge in [0.15, 0.2) is 0 Å². The van der Waals surface area contributed by atoms with Crippen molar-refractivity contribution in [2.24, 2.45) is 11.8 Å². The highest BCUT2D eigenvalue weighted by Gasteiger charge is 2.33. The summed E-state index contributed by atoms with van der Waals surface area (Å²) in [5.74, 6) is 1.45. The molecule has 0 spiro atoms. The Morgan fingerprint density at radius 3 is 2.68 bits per heavy atom. The number of hydrogen-bond acceptors (Lipinski definition) is 6. The Labute approximate surface area is 191 Å². The van der Waals surface area contributed by atoms with Gasteiger partial charge < -0.3 is 4.90 Å². The smallest absolute Gasteiger partial charge is 0.267 e. The molecule has 0 bridgehead atoms. The summed E-state index contributed by atoms with van der Waals surface area (Å²) in [6.07, 6.45) is 6.19. The molecule has 2 aromatic rings. The molecule has 0 aromatic carbocycles. The van der Waals surface area contributed by atoms with E-state index in [9.17, 15) is 9.59 Å². The van der Waals surface area contributed by atoms with Gasteiger partial charge in [0.05, 0.1) is 10.5 Å². The minimum absolute atomic E-state index is 0.177. The molecule has 2 aromatic heterocycles. The number of fused-ring (bicyclic) bond motifs is 1. The number of carbonyl (C=O) groups excluding carboxylic acids is 1. The van der Waals surface area contributed by atoms with Crippen molar-refractivity contribution in [1.29, 1.82) is 0 Å². The zero-order valence-electron chi connectivity index (χ0n) is 18.0. The molecule has 31 heavy (non-hydrogen) atoms. The number of thiocarbonyl (C=S) groups is 1. The fourth-order valence-corrected chi connectivity index (χ4v) is 5.68. The van der Waals surface area contributed by atoms with Crippen molar-refractivity contribution in [2.45, 2.75) is 27.2 Å². The summed E-state index contributed by atoms with van der Waals surface area (Å²) < 4.78 is 2.04. The number of thioether (sulfide) groups is 1. The third kappa shape index (κ3) is 4.06. The van der Waals surface area contributed by atoms with E-state index in [4.69, 9.17) is 17.2 Å². The van der Waals surface area contributed by atoms with Crippen molar-refractivity contribution < 1.29 is 4.79 Å². The second-order valence-electron chi connectivity index (χ2n) is 8.47. The van der Waals surface area contributed by atoms with Gasteiger partial charge in [-0.1, -0.05) is 50.0 Å². The quantitative estimate of drug-likeness (QED) is 0.397. The molecule has 2 aliphatic heterocycles. The monoisotopic (exact) mass is 454 g/mol. The van der Waals surface area contributed by atoms with Crippen molar-refractivity contribution in [2.75, 3.05) is 24.5 Å². The number of rotatable bonds is 4. The average molecular weight is 455 g/mol. The molecule has 1 amide bonds. The van der Waals surface area contributed by atoms with Gasteiger partial charge in [-0.2, -0.15) is 0 Å². The van der Waals surface area contributed by atoms with Crippen LogP contribution in [-0.4, -0.2) is 44.1 Å². The van der Waals surface area contributed by atoms with Gasteiger partial charge in [-0.3, -0.25) is 18.9 Å². The summed E-state index contributed by atoms with van der Waals surface area (Å²) >= 11 is 6.58. The number of anilines is 1. The Balaban J connectivity index is 1.90. The Kier molecular flexibility index (Phi) is 6.03. The Morgan fingerprint density at radius 2 is 2.00 bits per heavy atom. The lowest BCUT2D eigenvalue weighted by Crippen LogP contribution is -2.40. The first-order valence-electron chi connectivity index (χ1n) is 10.4. The summed E-state index contributed by atoms with van der Waals surface area (Å²) in [6.45, 7) is 12.1. The van der Waals surface area contributed by atoms with Crippen molar-refractivity contribution in [3.63, 3.8) is 0 Å². The number of amides is 1. The lowest BCUT2D eigenvalue weighted by Gasteiger charge is -2.36. The van der Waals surface area contributed by atoms with E-state index in [-0.39, 0.29) is 11.5 Å². The molecule has 4 rings (SSSR count). The molecule has 2 aliphatic rings. The third-order valence-corrected chi connectivity index (χ3v) is 7.07. The summed E-state index contributed by atoms with van der Waals surface area (Å²) in [5, 5.41) is 0. The Hall–Kier alpha value is -2.45.